The van der Waals surface area contributed by atoms with Crippen LogP contribution in [-0.2, 0) is 0 Å². The quantitative estimate of drug-likeness (QED) is 0.352. The zero-order chi connectivity index (χ0) is 3.98. The van der Waals surface area contributed by atoms with Crippen LogP contribution in [-0.4, -0.2) is 12.6 Å². The van der Waals surface area contributed by atoms with Crippen LogP contribution in [0.25, 0.3) is 0 Å². The van der Waals surface area contributed by atoms with E-state index in [0.717, 1.165) is 12.0 Å². The Bertz CT molecular complexity index is 86.1. The molecule has 0 amide bonds. The molecule has 32 valence electrons. The summed E-state index contributed by atoms with van der Waals surface area (Å²) in [5, 5.41) is 3.23. The molecule has 2 rings (SSSR count). The molecule has 1 unspecified atom stereocenters. The highest BCUT2D eigenvalue weighted by Crippen LogP contribution is 2.25. The van der Waals surface area contributed by atoms with Crippen molar-refractivity contribution < 1.29 is 0 Å². The molecule has 0 spiro atoms. The largest absolute Gasteiger partial charge is 0.310 e. The van der Waals surface area contributed by atoms with Gasteiger partial charge in [0.1, 0.15) is 0 Å². The van der Waals surface area contributed by atoms with Crippen molar-refractivity contribution in [1.29, 1.82) is 0 Å². The molecule has 0 bridgehead atoms. The molecule has 0 saturated carbocycles. The van der Waals surface area contributed by atoms with Crippen molar-refractivity contribution in [3.8, 4) is 0 Å². The van der Waals surface area contributed by atoms with E-state index in [9.17, 15) is 0 Å². The molecule has 0 radical (unpaired) electrons. The first-order valence-corrected chi connectivity index (χ1v) is 2.38. The van der Waals surface area contributed by atoms with Gasteiger partial charge in [0.05, 0.1) is 0 Å². The lowest BCUT2D eigenvalue weighted by molar-refractivity contribution is 0.874. The number of nitrogens with one attached hydrogen (secondary N) is 1. The summed E-state index contributed by atoms with van der Waals surface area (Å²) < 4.78 is 0. The standard InChI is InChI=1S/C5H7N/c1-2-4(1)5-3-6-5/h1-2,4-6H,3H2. The maximum Gasteiger partial charge on any atom is 0.0290 e. The minimum Gasteiger partial charge on any atom is -0.310 e. The Morgan fingerprint density at radius 2 is 2.17 bits per heavy atom. The lowest BCUT2D eigenvalue weighted by atomic mass is 10.3. The van der Waals surface area contributed by atoms with Gasteiger partial charge in [-0.15, -0.1) is 0 Å². The fraction of sp³-hybridized carbons (Fsp3) is 0.600. The molecule has 1 heteroatoms. The smallest absolute Gasteiger partial charge is 0.0290 e. The predicted octanol–water partition coefficient (Wildman–Crippen LogP) is 0.144. The van der Waals surface area contributed by atoms with Crippen LogP contribution < -0.4 is 5.32 Å². The number of rotatable bonds is 1. The van der Waals surface area contributed by atoms with Crippen molar-refractivity contribution in [2.45, 2.75) is 6.04 Å². The Kier molecular flexibility index (Phi) is 0.320. The van der Waals surface area contributed by atoms with E-state index in [1.54, 1.807) is 0 Å². The van der Waals surface area contributed by atoms with Crippen molar-refractivity contribution in [3.05, 3.63) is 12.2 Å². The minimum atomic E-state index is 0.852. The van der Waals surface area contributed by atoms with Crippen LogP contribution in [0.3, 0.4) is 0 Å². The van der Waals surface area contributed by atoms with Gasteiger partial charge in [0.25, 0.3) is 0 Å². The molecule has 1 saturated heterocycles. The monoisotopic (exact) mass is 81.1 g/mol. The highest BCUT2D eigenvalue weighted by atomic mass is 15.1. The second-order valence-electron chi connectivity index (χ2n) is 1.98. The van der Waals surface area contributed by atoms with Gasteiger partial charge in [-0.3, -0.25) is 0 Å². The molecule has 6 heavy (non-hydrogen) atoms. The van der Waals surface area contributed by atoms with Crippen molar-refractivity contribution in [2.24, 2.45) is 5.92 Å². The first-order chi connectivity index (χ1) is 2.97. The highest BCUT2D eigenvalue weighted by Gasteiger charge is 2.31. The number of hydrogen-bond donors (Lipinski definition) is 1. The van der Waals surface area contributed by atoms with Crippen LogP contribution in [0.15, 0.2) is 12.2 Å². The van der Waals surface area contributed by atoms with E-state index >= 15 is 0 Å². The summed E-state index contributed by atoms with van der Waals surface area (Å²) >= 11 is 0. The second kappa shape index (κ2) is 0.684. The van der Waals surface area contributed by atoms with E-state index in [4.69, 9.17) is 0 Å². The SMILES string of the molecule is C1=CC1C1CN1. The van der Waals surface area contributed by atoms with Crippen molar-refractivity contribution in [3.63, 3.8) is 0 Å². The highest BCUT2D eigenvalue weighted by molar-refractivity contribution is 5.21. The average Bonchev–Trinajstić information content (AvgIpc) is 2.26. The molecule has 1 aliphatic carbocycles. The van der Waals surface area contributed by atoms with Gasteiger partial charge in [-0.05, 0) is 0 Å². The second-order valence-corrected chi connectivity index (χ2v) is 1.98. The fourth-order valence-electron chi connectivity index (χ4n) is 0.673. The predicted molar refractivity (Wildman–Crippen MR) is 24.4 cm³/mol. The Hall–Kier alpha value is -0.300. The van der Waals surface area contributed by atoms with E-state index in [2.05, 4.69) is 17.5 Å². The molecule has 0 aromatic rings. The van der Waals surface area contributed by atoms with Gasteiger partial charge in [-0.25, -0.2) is 0 Å². The lowest BCUT2D eigenvalue weighted by Gasteiger charge is -1.78. The molecular formula is C5H7N. The van der Waals surface area contributed by atoms with Gasteiger partial charge in [0.2, 0.25) is 0 Å². The van der Waals surface area contributed by atoms with Gasteiger partial charge in [0.15, 0.2) is 0 Å². The van der Waals surface area contributed by atoms with Gasteiger partial charge in [-0.2, -0.15) is 0 Å². The molecule has 1 aliphatic heterocycles. The molecular weight excluding hydrogens is 74.1 g/mol. The summed E-state index contributed by atoms with van der Waals surface area (Å²) in [4.78, 5) is 0. The third-order valence-electron chi connectivity index (χ3n) is 1.32. The summed E-state index contributed by atoms with van der Waals surface area (Å²) in [6, 6.07) is 0.852. The Morgan fingerprint density at radius 1 is 1.50 bits per heavy atom. The first kappa shape index (κ1) is 2.80. The molecule has 1 N–H and O–H groups in total. The third-order valence-corrected chi connectivity index (χ3v) is 1.32. The third kappa shape index (κ3) is 0.287. The molecule has 1 heterocycles. The normalized spacial score (nSPS) is 40.3. The van der Waals surface area contributed by atoms with Crippen LogP contribution in [0, 0.1) is 5.92 Å². The van der Waals surface area contributed by atoms with Crippen LogP contribution >= 0.6 is 0 Å². The minimum absolute atomic E-state index is 0.852. The molecule has 1 nitrogen and oxygen atoms in total. The zero-order valence-corrected chi connectivity index (χ0v) is 3.52. The van der Waals surface area contributed by atoms with Gasteiger partial charge in [-0.1, -0.05) is 12.2 Å². The van der Waals surface area contributed by atoms with E-state index in [0.29, 0.717) is 0 Å². The summed E-state index contributed by atoms with van der Waals surface area (Å²) in [7, 11) is 0. The van der Waals surface area contributed by atoms with Crippen LogP contribution in [0.2, 0.25) is 0 Å². The molecule has 1 atom stereocenters. The van der Waals surface area contributed by atoms with Crippen LogP contribution in [0.5, 0.6) is 0 Å². The van der Waals surface area contributed by atoms with Crippen molar-refractivity contribution in [1.82, 2.24) is 5.32 Å². The molecule has 0 aromatic carbocycles. The Balaban J connectivity index is 1.94. The van der Waals surface area contributed by atoms with Crippen molar-refractivity contribution >= 4 is 0 Å². The van der Waals surface area contributed by atoms with Gasteiger partial charge < -0.3 is 5.32 Å². The van der Waals surface area contributed by atoms with E-state index in [1.807, 2.05) is 0 Å². The average molecular weight is 81.1 g/mol. The van der Waals surface area contributed by atoms with Gasteiger partial charge >= 0.3 is 0 Å². The molecule has 1 fully saturated rings. The summed E-state index contributed by atoms with van der Waals surface area (Å²) in [5.74, 6) is 0.852. The first-order valence-electron chi connectivity index (χ1n) is 2.38. The Labute approximate surface area is 37.0 Å². The van der Waals surface area contributed by atoms with Crippen molar-refractivity contribution in [2.75, 3.05) is 6.54 Å². The van der Waals surface area contributed by atoms with Gasteiger partial charge in [0, 0.05) is 18.5 Å². The summed E-state index contributed by atoms with van der Waals surface area (Å²) in [6.45, 7) is 1.25. The maximum absolute atomic E-state index is 3.23. The Morgan fingerprint density at radius 3 is 2.33 bits per heavy atom. The van der Waals surface area contributed by atoms with E-state index in [-0.39, 0.29) is 0 Å². The summed E-state index contributed by atoms with van der Waals surface area (Å²) in [6.07, 6.45) is 4.48. The fourth-order valence-corrected chi connectivity index (χ4v) is 0.673. The van der Waals surface area contributed by atoms with Crippen LogP contribution in [0.4, 0.5) is 0 Å². The molecule has 0 aromatic heterocycles. The summed E-state index contributed by atoms with van der Waals surface area (Å²) in [5.41, 5.74) is 0. The van der Waals surface area contributed by atoms with E-state index in [1.165, 1.54) is 6.54 Å². The number of hydrogen-bond acceptors (Lipinski definition) is 1. The molecule has 2 aliphatic rings. The zero-order valence-electron chi connectivity index (χ0n) is 3.52. The van der Waals surface area contributed by atoms with Crippen LogP contribution in [0.1, 0.15) is 0 Å². The van der Waals surface area contributed by atoms with E-state index < -0.39 is 0 Å². The lowest BCUT2D eigenvalue weighted by Crippen LogP contribution is -1.91. The maximum atomic E-state index is 3.23. The topological polar surface area (TPSA) is 21.9 Å².